The minimum atomic E-state index is -0.0551. The van der Waals surface area contributed by atoms with Crippen LogP contribution >= 0.6 is 11.6 Å². The van der Waals surface area contributed by atoms with Crippen molar-refractivity contribution in [1.82, 2.24) is 15.3 Å². The number of furan rings is 1. The summed E-state index contributed by atoms with van der Waals surface area (Å²) in [5.74, 6) is 1.55. The lowest BCUT2D eigenvalue weighted by Crippen LogP contribution is -2.43. The third-order valence-corrected chi connectivity index (χ3v) is 4.78. The summed E-state index contributed by atoms with van der Waals surface area (Å²) >= 11 is 6.03. The van der Waals surface area contributed by atoms with Gasteiger partial charge in [0.1, 0.15) is 5.76 Å². The molecule has 6 nitrogen and oxygen atoms in total. The van der Waals surface area contributed by atoms with E-state index in [0.29, 0.717) is 18.1 Å². The monoisotopic (exact) mass is 358 g/mol. The van der Waals surface area contributed by atoms with Crippen molar-refractivity contribution >= 4 is 34.5 Å². The van der Waals surface area contributed by atoms with E-state index < -0.39 is 0 Å². The molecule has 0 unspecified atom stereocenters. The quantitative estimate of drug-likeness (QED) is 0.750. The Kier molecular flexibility index (Phi) is 4.36. The Bertz CT molecular complexity index is 874. The minimum absolute atomic E-state index is 0.0551. The van der Waals surface area contributed by atoms with Crippen molar-refractivity contribution in [2.75, 3.05) is 18.0 Å². The zero-order valence-electron chi connectivity index (χ0n) is 13.7. The van der Waals surface area contributed by atoms with Gasteiger partial charge in [0.05, 0.1) is 29.8 Å². The summed E-state index contributed by atoms with van der Waals surface area (Å²) < 4.78 is 5.25. The third kappa shape index (κ3) is 3.49. The maximum atomic E-state index is 12.5. The minimum Gasteiger partial charge on any atom is -0.467 e. The summed E-state index contributed by atoms with van der Waals surface area (Å²) in [6, 6.07) is 9.26. The number of rotatable bonds is 4. The number of benzene rings is 1. The zero-order chi connectivity index (χ0) is 17.2. The second-order valence-electron chi connectivity index (χ2n) is 6.30. The Hall–Kier alpha value is -2.47. The van der Waals surface area contributed by atoms with Crippen LogP contribution in [0.25, 0.3) is 11.0 Å². The molecule has 4 rings (SSSR count). The van der Waals surface area contributed by atoms with Gasteiger partial charge in [0.25, 0.3) is 0 Å². The highest BCUT2D eigenvalue weighted by Gasteiger charge is 2.27. The molecule has 0 spiro atoms. The van der Waals surface area contributed by atoms with Crippen LogP contribution in [-0.4, -0.2) is 29.0 Å². The van der Waals surface area contributed by atoms with Gasteiger partial charge in [-0.1, -0.05) is 11.6 Å². The average Bonchev–Trinajstić information content (AvgIpc) is 3.28. The Morgan fingerprint density at radius 3 is 3.20 bits per heavy atom. The predicted molar refractivity (Wildman–Crippen MR) is 96.6 cm³/mol. The zero-order valence-corrected chi connectivity index (χ0v) is 14.4. The van der Waals surface area contributed by atoms with Crippen molar-refractivity contribution in [3.63, 3.8) is 0 Å². The van der Waals surface area contributed by atoms with Crippen LogP contribution in [0.2, 0.25) is 5.02 Å². The summed E-state index contributed by atoms with van der Waals surface area (Å²) in [7, 11) is 0. The largest absolute Gasteiger partial charge is 0.467 e. The van der Waals surface area contributed by atoms with E-state index in [0.717, 1.165) is 42.1 Å². The molecular formula is C18H19ClN4O2. The van der Waals surface area contributed by atoms with Crippen LogP contribution in [0.15, 0.2) is 41.0 Å². The number of carbonyl (C=O) groups excluding carboxylic acids is 1. The number of fused-ring (bicyclic) bond motifs is 1. The lowest BCUT2D eigenvalue weighted by Gasteiger charge is -2.31. The van der Waals surface area contributed by atoms with Gasteiger partial charge in [-0.05, 0) is 43.2 Å². The molecule has 0 aliphatic carbocycles. The van der Waals surface area contributed by atoms with E-state index in [9.17, 15) is 4.79 Å². The first-order valence-corrected chi connectivity index (χ1v) is 8.77. The van der Waals surface area contributed by atoms with Crippen LogP contribution in [0.4, 0.5) is 5.95 Å². The second-order valence-corrected chi connectivity index (χ2v) is 6.74. The van der Waals surface area contributed by atoms with Gasteiger partial charge in [0.2, 0.25) is 11.9 Å². The second kappa shape index (κ2) is 6.80. The molecular weight excluding hydrogens is 340 g/mol. The summed E-state index contributed by atoms with van der Waals surface area (Å²) in [6.45, 7) is 1.96. The van der Waals surface area contributed by atoms with E-state index in [2.05, 4.69) is 20.2 Å². The number of carbonyl (C=O) groups is 1. The maximum absolute atomic E-state index is 12.5. The average molecular weight is 359 g/mol. The number of amides is 1. The summed E-state index contributed by atoms with van der Waals surface area (Å²) in [5, 5.41) is 3.63. The molecule has 2 N–H and O–H groups in total. The van der Waals surface area contributed by atoms with Gasteiger partial charge in [-0.3, -0.25) is 4.79 Å². The fourth-order valence-electron chi connectivity index (χ4n) is 3.23. The van der Waals surface area contributed by atoms with E-state index in [1.54, 1.807) is 6.26 Å². The van der Waals surface area contributed by atoms with Crippen molar-refractivity contribution in [3.05, 3.63) is 47.4 Å². The number of imidazole rings is 1. The Morgan fingerprint density at radius 1 is 1.44 bits per heavy atom. The molecule has 1 amide bonds. The van der Waals surface area contributed by atoms with Gasteiger partial charge in [0.15, 0.2) is 0 Å². The van der Waals surface area contributed by atoms with Crippen LogP contribution in [-0.2, 0) is 11.3 Å². The highest BCUT2D eigenvalue weighted by molar-refractivity contribution is 6.31. The number of anilines is 1. The van der Waals surface area contributed by atoms with Crippen molar-refractivity contribution in [2.24, 2.45) is 5.92 Å². The van der Waals surface area contributed by atoms with Gasteiger partial charge >= 0.3 is 0 Å². The van der Waals surface area contributed by atoms with Crippen molar-refractivity contribution in [2.45, 2.75) is 19.4 Å². The molecule has 3 heterocycles. The van der Waals surface area contributed by atoms with E-state index in [1.165, 1.54) is 0 Å². The van der Waals surface area contributed by atoms with Crippen LogP contribution in [0, 0.1) is 5.92 Å². The van der Waals surface area contributed by atoms with Gasteiger partial charge in [-0.2, -0.15) is 0 Å². The molecule has 1 aromatic carbocycles. The number of nitrogens with zero attached hydrogens (tertiary/aromatic N) is 2. The summed E-state index contributed by atoms with van der Waals surface area (Å²) in [6.07, 6.45) is 3.45. The van der Waals surface area contributed by atoms with Gasteiger partial charge in [0, 0.05) is 18.1 Å². The molecule has 1 saturated heterocycles. The molecule has 0 saturated carbocycles. The van der Waals surface area contributed by atoms with E-state index >= 15 is 0 Å². The number of H-pyrrole nitrogens is 1. The molecule has 1 atom stereocenters. The predicted octanol–water partition coefficient (Wildman–Crippen LogP) is 3.34. The molecule has 130 valence electrons. The highest BCUT2D eigenvalue weighted by atomic mass is 35.5. The summed E-state index contributed by atoms with van der Waals surface area (Å²) in [5.41, 5.74) is 1.79. The first-order valence-electron chi connectivity index (χ1n) is 8.39. The first kappa shape index (κ1) is 16.0. The number of piperidine rings is 1. The van der Waals surface area contributed by atoms with Crippen molar-refractivity contribution in [1.29, 1.82) is 0 Å². The van der Waals surface area contributed by atoms with Crippen LogP contribution in [0.1, 0.15) is 18.6 Å². The number of halogens is 1. The molecule has 0 bridgehead atoms. The fraction of sp³-hybridized carbons (Fsp3) is 0.333. The van der Waals surface area contributed by atoms with Gasteiger partial charge < -0.3 is 19.6 Å². The molecule has 1 aliphatic rings. The number of hydrogen-bond donors (Lipinski definition) is 2. The topological polar surface area (TPSA) is 74.2 Å². The van der Waals surface area contributed by atoms with Crippen LogP contribution in [0.3, 0.4) is 0 Å². The standard InChI is InChI=1S/C18H19ClN4O2/c19-13-5-6-15-16(9-13)22-18(21-15)23-7-1-3-12(11-23)17(24)20-10-14-4-2-8-25-14/h2,4-6,8-9,12H,1,3,7,10-11H2,(H,20,24)(H,21,22)/t12-/m0/s1. The lowest BCUT2D eigenvalue weighted by molar-refractivity contribution is -0.125. The van der Waals surface area contributed by atoms with Crippen LogP contribution in [0.5, 0.6) is 0 Å². The molecule has 25 heavy (non-hydrogen) atoms. The molecule has 7 heteroatoms. The highest BCUT2D eigenvalue weighted by Crippen LogP contribution is 2.25. The molecule has 1 aliphatic heterocycles. The van der Waals surface area contributed by atoms with Crippen LogP contribution < -0.4 is 10.2 Å². The molecule has 3 aromatic rings. The van der Waals surface area contributed by atoms with E-state index in [-0.39, 0.29) is 11.8 Å². The number of aromatic amines is 1. The Labute approximate surface area is 150 Å². The summed E-state index contributed by atoms with van der Waals surface area (Å²) in [4.78, 5) is 22.5. The number of hydrogen-bond acceptors (Lipinski definition) is 4. The SMILES string of the molecule is O=C(NCc1ccco1)[C@H]1CCCN(c2nc3ccc(Cl)cc3[nH]2)C1. The molecule has 1 fully saturated rings. The first-order chi connectivity index (χ1) is 12.2. The van der Waals surface area contributed by atoms with E-state index in [1.807, 2.05) is 30.3 Å². The van der Waals surface area contributed by atoms with Crippen molar-refractivity contribution in [3.8, 4) is 0 Å². The number of aromatic nitrogens is 2. The van der Waals surface area contributed by atoms with Crippen molar-refractivity contribution < 1.29 is 9.21 Å². The van der Waals surface area contributed by atoms with Gasteiger partial charge in [-0.15, -0.1) is 0 Å². The number of nitrogens with one attached hydrogen (secondary N) is 2. The smallest absolute Gasteiger partial charge is 0.225 e. The maximum Gasteiger partial charge on any atom is 0.225 e. The van der Waals surface area contributed by atoms with E-state index in [4.69, 9.17) is 16.0 Å². The van der Waals surface area contributed by atoms with Gasteiger partial charge in [-0.25, -0.2) is 4.98 Å². The Balaban J connectivity index is 1.43. The molecule has 2 aromatic heterocycles. The normalized spacial score (nSPS) is 17.8. The molecule has 0 radical (unpaired) electrons. The third-order valence-electron chi connectivity index (χ3n) is 4.54. The lowest BCUT2D eigenvalue weighted by atomic mass is 9.97. The Morgan fingerprint density at radius 2 is 2.36 bits per heavy atom. The fourth-order valence-corrected chi connectivity index (χ4v) is 3.41.